The summed E-state index contributed by atoms with van der Waals surface area (Å²) in [7, 11) is -1.83. The molecule has 1 aliphatic carbocycles. The largest absolute Gasteiger partial charge is 0.383 e. The number of allylic oxidation sites excluding steroid dienone is 1. The molecule has 1 rings (SSSR count). The fraction of sp³-hybridized carbons (Fsp3) is 0.786. The Morgan fingerprint density at radius 2 is 2.19 bits per heavy atom. The Balaban J connectivity index is 2.48. The number of amides is 1. The highest BCUT2D eigenvalue weighted by Gasteiger charge is 2.20. The lowest BCUT2D eigenvalue weighted by atomic mass is 9.97. The molecule has 0 aromatic heterocycles. The Labute approximate surface area is 127 Å². The maximum absolute atomic E-state index is 11.8. The summed E-state index contributed by atoms with van der Waals surface area (Å²) in [6.07, 6.45) is 8.54. The first-order chi connectivity index (χ1) is 9.93. The average molecular weight is 318 g/mol. The van der Waals surface area contributed by atoms with Crippen molar-refractivity contribution in [3.8, 4) is 0 Å². The molecule has 0 heterocycles. The van der Waals surface area contributed by atoms with Crippen molar-refractivity contribution in [1.82, 2.24) is 9.62 Å². The summed E-state index contributed by atoms with van der Waals surface area (Å²) in [4.78, 5) is 11.7. The zero-order chi connectivity index (χ0) is 15.7. The van der Waals surface area contributed by atoms with Crippen LogP contribution >= 0.6 is 0 Å². The fourth-order valence-electron chi connectivity index (χ4n) is 2.27. The molecule has 0 radical (unpaired) electrons. The van der Waals surface area contributed by atoms with Crippen LogP contribution in [0.2, 0.25) is 0 Å². The van der Waals surface area contributed by atoms with E-state index in [1.807, 2.05) is 0 Å². The summed E-state index contributed by atoms with van der Waals surface area (Å²) in [6, 6.07) is 0. The van der Waals surface area contributed by atoms with Crippen molar-refractivity contribution < 1.29 is 17.9 Å². The Morgan fingerprint density at radius 3 is 2.76 bits per heavy atom. The summed E-state index contributed by atoms with van der Waals surface area (Å²) in [6.45, 7) is 1.04. The second kappa shape index (κ2) is 9.17. The van der Waals surface area contributed by atoms with Gasteiger partial charge in [0.2, 0.25) is 15.9 Å². The number of hydrogen-bond acceptors (Lipinski definition) is 4. The molecule has 0 aliphatic heterocycles. The number of carbonyl (C=O) groups is 1. The van der Waals surface area contributed by atoms with E-state index in [0.717, 1.165) is 19.1 Å². The SMILES string of the molecule is COCCNC(=O)CN(CCC1=CCCCC1)S(C)(=O)=O. The van der Waals surface area contributed by atoms with Crippen LogP contribution in [-0.2, 0) is 19.6 Å². The van der Waals surface area contributed by atoms with Crippen molar-refractivity contribution in [3.63, 3.8) is 0 Å². The third kappa shape index (κ3) is 7.59. The molecule has 0 aromatic rings. The molecule has 1 N–H and O–H groups in total. The summed E-state index contributed by atoms with van der Waals surface area (Å²) in [5, 5.41) is 2.64. The number of nitrogens with zero attached hydrogens (tertiary/aromatic N) is 1. The van der Waals surface area contributed by atoms with E-state index in [1.165, 1.54) is 22.7 Å². The van der Waals surface area contributed by atoms with Gasteiger partial charge in [0.15, 0.2) is 0 Å². The molecule has 122 valence electrons. The number of sulfonamides is 1. The second-order valence-electron chi connectivity index (χ2n) is 5.30. The maximum Gasteiger partial charge on any atom is 0.235 e. The highest BCUT2D eigenvalue weighted by Crippen LogP contribution is 2.20. The Hall–Kier alpha value is -0.920. The van der Waals surface area contributed by atoms with E-state index >= 15 is 0 Å². The van der Waals surface area contributed by atoms with E-state index in [0.29, 0.717) is 26.1 Å². The first kappa shape index (κ1) is 18.1. The standard InChI is InChI=1S/C14H26N2O4S/c1-20-11-9-15-14(17)12-16(21(2,18)19)10-8-13-6-4-3-5-7-13/h6H,3-5,7-12H2,1-2H3,(H,15,17). The van der Waals surface area contributed by atoms with Gasteiger partial charge in [0.05, 0.1) is 19.4 Å². The first-order valence-electron chi connectivity index (χ1n) is 7.32. The van der Waals surface area contributed by atoms with Gasteiger partial charge in [-0.15, -0.1) is 0 Å². The fourth-order valence-corrected chi connectivity index (χ4v) is 3.05. The van der Waals surface area contributed by atoms with E-state index in [1.54, 1.807) is 7.11 Å². The predicted molar refractivity (Wildman–Crippen MR) is 82.5 cm³/mol. The van der Waals surface area contributed by atoms with Gasteiger partial charge in [0.25, 0.3) is 0 Å². The topological polar surface area (TPSA) is 75.7 Å². The van der Waals surface area contributed by atoms with Gasteiger partial charge in [-0.2, -0.15) is 4.31 Å². The number of hydrogen-bond donors (Lipinski definition) is 1. The third-order valence-electron chi connectivity index (χ3n) is 3.48. The van der Waals surface area contributed by atoms with Gasteiger partial charge in [0, 0.05) is 20.2 Å². The van der Waals surface area contributed by atoms with Crippen LogP contribution in [0.25, 0.3) is 0 Å². The lowest BCUT2D eigenvalue weighted by Crippen LogP contribution is -2.41. The van der Waals surface area contributed by atoms with Crippen LogP contribution in [0.5, 0.6) is 0 Å². The predicted octanol–water partition coefficient (Wildman–Crippen LogP) is 0.901. The Bertz CT molecular complexity index is 460. The van der Waals surface area contributed by atoms with Crippen LogP contribution in [-0.4, -0.2) is 58.2 Å². The summed E-state index contributed by atoms with van der Waals surface area (Å²) in [5.74, 6) is -0.296. The smallest absolute Gasteiger partial charge is 0.235 e. The molecule has 0 unspecified atom stereocenters. The van der Waals surface area contributed by atoms with Crippen LogP contribution in [0.1, 0.15) is 32.1 Å². The van der Waals surface area contributed by atoms with Gasteiger partial charge in [-0.25, -0.2) is 8.42 Å². The molecule has 0 bridgehead atoms. The highest BCUT2D eigenvalue weighted by atomic mass is 32.2. The molecule has 0 saturated carbocycles. The van der Waals surface area contributed by atoms with Crippen molar-refractivity contribution in [3.05, 3.63) is 11.6 Å². The van der Waals surface area contributed by atoms with Gasteiger partial charge < -0.3 is 10.1 Å². The molecule has 0 aromatic carbocycles. The van der Waals surface area contributed by atoms with Crippen LogP contribution in [0.4, 0.5) is 0 Å². The van der Waals surface area contributed by atoms with E-state index in [9.17, 15) is 13.2 Å². The van der Waals surface area contributed by atoms with Crippen LogP contribution in [0.15, 0.2) is 11.6 Å². The minimum atomic E-state index is -3.38. The maximum atomic E-state index is 11.8. The molecule has 6 nitrogen and oxygen atoms in total. The highest BCUT2D eigenvalue weighted by molar-refractivity contribution is 7.88. The van der Waals surface area contributed by atoms with E-state index in [4.69, 9.17) is 4.74 Å². The molecular weight excluding hydrogens is 292 g/mol. The van der Waals surface area contributed by atoms with Crippen molar-refractivity contribution in [1.29, 1.82) is 0 Å². The van der Waals surface area contributed by atoms with Crippen molar-refractivity contribution in [2.24, 2.45) is 0 Å². The zero-order valence-corrected chi connectivity index (χ0v) is 13.7. The minimum Gasteiger partial charge on any atom is -0.383 e. The second-order valence-corrected chi connectivity index (χ2v) is 7.28. The summed E-state index contributed by atoms with van der Waals surface area (Å²) in [5.41, 5.74) is 1.30. The molecular formula is C14H26N2O4S. The van der Waals surface area contributed by atoms with Gasteiger partial charge in [0.1, 0.15) is 0 Å². The number of carbonyl (C=O) groups excluding carboxylic acids is 1. The average Bonchev–Trinajstić information content (AvgIpc) is 2.43. The molecule has 0 spiro atoms. The molecule has 1 aliphatic rings. The number of rotatable bonds is 9. The van der Waals surface area contributed by atoms with Gasteiger partial charge in [-0.1, -0.05) is 11.6 Å². The normalized spacial score (nSPS) is 15.9. The van der Waals surface area contributed by atoms with E-state index in [2.05, 4.69) is 11.4 Å². The monoisotopic (exact) mass is 318 g/mol. The molecule has 7 heteroatoms. The lowest BCUT2D eigenvalue weighted by Gasteiger charge is -2.21. The number of methoxy groups -OCH3 is 1. The molecule has 0 saturated heterocycles. The molecule has 0 atom stereocenters. The molecule has 0 fully saturated rings. The first-order valence-corrected chi connectivity index (χ1v) is 9.17. The van der Waals surface area contributed by atoms with Gasteiger partial charge in [-0.05, 0) is 32.1 Å². The lowest BCUT2D eigenvalue weighted by molar-refractivity contribution is -0.121. The Kier molecular flexibility index (Phi) is 7.92. The number of ether oxygens (including phenoxy) is 1. The quantitative estimate of drug-likeness (QED) is 0.506. The summed E-state index contributed by atoms with van der Waals surface area (Å²) >= 11 is 0. The number of nitrogens with one attached hydrogen (secondary N) is 1. The summed E-state index contributed by atoms with van der Waals surface area (Å²) < 4.78 is 29.6. The van der Waals surface area contributed by atoms with Crippen molar-refractivity contribution in [2.75, 3.05) is 39.6 Å². The van der Waals surface area contributed by atoms with Crippen molar-refractivity contribution in [2.45, 2.75) is 32.1 Å². The van der Waals surface area contributed by atoms with E-state index in [-0.39, 0.29) is 12.5 Å². The van der Waals surface area contributed by atoms with Crippen LogP contribution < -0.4 is 5.32 Å². The Morgan fingerprint density at radius 1 is 1.43 bits per heavy atom. The van der Waals surface area contributed by atoms with Gasteiger partial charge >= 0.3 is 0 Å². The minimum absolute atomic E-state index is 0.129. The van der Waals surface area contributed by atoms with Crippen molar-refractivity contribution >= 4 is 15.9 Å². The van der Waals surface area contributed by atoms with Crippen LogP contribution in [0.3, 0.4) is 0 Å². The molecule has 1 amide bonds. The molecule has 21 heavy (non-hydrogen) atoms. The van der Waals surface area contributed by atoms with Gasteiger partial charge in [-0.3, -0.25) is 4.79 Å². The van der Waals surface area contributed by atoms with Crippen LogP contribution in [0, 0.1) is 0 Å². The zero-order valence-electron chi connectivity index (χ0n) is 12.9. The third-order valence-corrected chi connectivity index (χ3v) is 4.73. The van der Waals surface area contributed by atoms with E-state index < -0.39 is 10.0 Å².